The Balaban J connectivity index is 1.86. The minimum absolute atomic E-state index is 0.108. The summed E-state index contributed by atoms with van der Waals surface area (Å²) in [5, 5.41) is 0. The lowest BCUT2D eigenvalue weighted by molar-refractivity contribution is -0.119. The van der Waals surface area contributed by atoms with Crippen LogP contribution in [0.2, 0.25) is 0 Å². The van der Waals surface area contributed by atoms with Gasteiger partial charge in [-0.1, -0.05) is 24.6 Å². The van der Waals surface area contributed by atoms with Crippen LogP contribution in [0.25, 0.3) is 0 Å². The maximum atomic E-state index is 13.4. The van der Waals surface area contributed by atoms with E-state index in [0.29, 0.717) is 12.1 Å². The first-order valence-electron chi connectivity index (χ1n) is 6.23. The molecule has 0 saturated carbocycles. The number of carbonyl (C=O) groups excluding carboxylic acids is 1. The van der Waals surface area contributed by atoms with E-state index in [1.165, 1.54) is 25.3 Å². The van der Waals surface area contributed by atoms with Crippen molar-refractivity contribution in [1.82, 2.24) is 4.90 Å². The number of hydrogen-bond acceptors (Lipinski definition) is 2. The average molecular weight is 235 g/mol. The smallest absolute Gasteiger partial charge is 0.151 e. The predicted molar refractivity (Wildman–Crippen MR) is 65.4 cm³/mol. The van der Waals surface area contributed by atoms with E-state index in [1.807, 2.05) is 0 Å². The van der Waals surface area contributed by atoms with Crippen LogP contribution in [0.15, 0.2) is 24.3 Å². The van der Waals surface area contributed by atoms with Gasteiger partial charge in [0.15, 0.2) is 5.78 Å². The van der Waals surface area contributed by atoms with Crippen molar-refractivity contribution in [3.8, 4) is 0 Å². The highest BCUT2D eigenvalue weighted by Gasteiger charge is 2.15. The van der Waals surface area contributed by atoms with Crippen molar-refractivity contribution < 1.29 is 9.18 Å². The van der Waals surface area contributed by atoms with Gasteiger partial charge in [-0.3, -0.25) is 9.69 Å². The Morgan fingerprint density at radius 1 is 1.18 bits per heavy atom. The molecule has 1 aromatic rings. The van der Waals surface area contributed by atoms with Crippen LogP contribution in [-0.2, 0) is 11.2 Å². The number of benzene rings is 1. The van der Waals surface area contributed by atoms with E-state index in [4.69, 9.17) is 0 Å². The van der Waals surface area contributed by atoms with Crippen LogP contribution in [0.5, 0.6) is 0 Å². The molecule has 2 nitrogen and oxygen atoms in total. The largest absolute Gasteiger partial charge is 0.298 e. The molecule has 0 radical (unpaired) electrons. The predicted octanol–water partition coefficient (Wildman–Crippen LogP) is 2.42. The maximum absolute atomic E-state index is 13.4. The molecule has 0 aliphatic carbocycles. The highest BCUT2D eigenvalue weighted by Crippen LogP contribution is 2.11. The lowest BCUT2D eigenvalue weighted by Gasteiger charge is -2.25. The van der Waals surface area contributed by atoms with Crippen LogP contribution in [0.3, 0.4) is 0 Å². The Hall–Kier alpha value is -1.22. The van der Waals surface area contributed by atoms with E-state index >= 15 is 0 Å². The molecule has 1 aliphatic rings. The third-order valence-electron chi connectivity index (χ3n) is 3.19. The van der Waals surface area contributed by atoms with Crippen molar-refractivity contribution in [3.63, 3.8) is 0 Å². The monoisotopic (exact) mass is 235 g/mol. The van der Waals surface area contributed by atoms with Crippen molar-refractivity contribution in [3.05, 3.63) is 35.6 Å². The zero-order chi connectivity index (χ0) is 12.1. The molecule has 1 aromatic carbocycles. The second-order valence-corrected chi connectivity index (χ2v) is 4.64. The lowest BCUT2D eigenvalue weighted by Crippen LogP contribution is -2.35. The van der Waals surface area contributed by atoms with Gasteiger partial charge in [-0.25, -0.2) is 4.39 Å². The van der Waals surface area contributed by atoms with Crippen LogP contribution >= 0.6 is 0 Å². The number of rotatable bonds is 4. The normalized spacial score (nSPS) is 17.0. The second kappa shape index (κ2) is 5.92. The van der Waals surface area contributed by atoms with E-state index in [-0.39, 0.29) is 18.0 Å². The summed E-state index contributed by atoms with van der Waals surface area (Å²) < 4.78 is 13.4. The zero-order valence-electron chi connectivity index (χ0n) is 9.99. The summed E-state index contributed by atoms with van der Waals surface area (Å²) in [7, 11) is 0. The van der Waals surface area contributed by atoms with Gasteiger partial charge in [0.2, 0.25) is 0 Å². The van der Waals surface area contributed by atoms with Crippen molar-refractivity contribution >= 4 is 5.78 Å². The van der Waals surface area contributed by atoms with E-state index in [2.05, 4.69) is 4.90 Å². The topological polar surface area (TPSA) is 20.3 Å². The molecule has 0 unspecified atom stereocenters. The van der Waals surface area contributed by atoms with Gasteiger partial charge in [0.05, 0.1) is 6.54 Å². The maximum Gasteiger partial charge on any atom is 0.151 e. The number of Topliss-reactive ketones (excluding diaryl/α,β-unsaturated/α-hetero) is 1. The van der Waals surface area contributed by atoms with E-state index < -0.39 is 0 Å². The molecule has 1 heterocycles. The van der Waals surface area contributed by atoms with Gasteiger partial charge in [-0.2, -0.15) is 0 Å². The number of nitrogens with zero attached hydrogens (tertiary/aromatic N) is 1. The molecular formula is C14H18FNO. The van der Waals surface area contributed by atoms with E-state index in [0.717, 1.165) is 13.1 Å². The zero-order valence-corrected chi connectivity index (χ0v) is 9.99. The van der Waals surface area contributed by atoms with Crippen LogP contribution in [-0.4, -0.2) is 30.3 Å². The molecule has 17 heavy (non-hydrogen) atoms. The Morgan fingerprint density at radius 2 is 1.88 bits per heavy atom. The standard InChI is InChI=1S/C14H18FNO/c15-14-7-3-2-6-12(14)10-13(17)11-16-8-4-1-5-9-16/h2-3,6-7H,1,4-5,8-11H2. The number of likely N-dealkylation sites (tertiary alicyclic amines) is 1. The summed E-state index contributed by atoms with van der Waals surface area (Å²) in [6, 6.07) is 6.51. The molecule has 0 atom stereocenters. The number of hydrogen-bond donors (Lipinski definition) is 0. The SMILES string of the molecule is O=C(Cc1ccccc1F)CN1CCCCC1. The Labute approximate surface area is 101 Å². The minimum Gasteiger partial charge on any atom is -0.298 e. The van der Waals surface area contributed by atoms with Gasteiger partial charge in [0, 0.05) is 6.42 Å². The molecule has 0 amide bonds. The highest BCUT2D eigenvalue weighted by atomic mass is 19.1. The minimum atomic E-state index is -0.278. The first kappa shape index (κ1) is 12.2. The summed E-state index contributed by atoms with van der Waals surface area (Å²) in [5.74, 6) is -0.170. The summed E-state index contributed by atoms with van der Waals surface area (Å²) in [5.41, 5.74) is 0.509. The Bertz CT molecular complexity index is 386. The van der Waals surface area contributed by atoms with Crippen LogP contribution in [0.4, 0.5) is 4.39 Å². The summed E-state index contributed by atoms with van der Waals surface area (Å²) in [4.78, 5) is 14.0. The van der Waals surface area contributed by atoms with Gasteiger partial charge in [0.1, 0.15) is 5.82 Å². The van der Waals surface area contributed by atoms with Crippen LogP contribution in [0.1, 0.15) is 24.8 Å². The summed E-state index contributed by atoms with van der Waals surface area (Å²) in [6.45, 7) is 2.47. The number of carbonyl (C=O) groups is 1. The van der Waals surface area contributed by atoms with Crippen LogP contribution in [0, 0.1) is 5.82 Å². The fourth-order valence-electron chi connectivity index (χ4n) is 2.28. The van der Waals surface area contributed by atoms with Gasteiger partial charge in [-0.15, -0.1) is 0 Å². The van der Waals surface area contributed by atoms with Crippen molar-refractivity contribution in [1.29, 1.82) is 0 Å². The molecule has 92 valence electrons. The van der Waals surface area contributed by atoms with Crippen molar-refractivity contribution in [2.45, 2.75) is 25.7 Å². The number of ketones is 1. The van der Waals surface area contributed by atoms with Gasteiger partial charge >= 0.3 is 0 Å². The summed E-state index contributed by atoms with van der Waals surface area (Å²) >= 11 is 0. The quantitative estimate of drug-likeness (QED) is 0.799. The molecule has 0 N–H and O–H groups in total. The third-order valence-corrected chi connectivity index (χ3v) is 3.19. The molecule has 0 aromatic heterocycles. The van der Waals surface area contributed by atoms with Crippen molar-refractivity contribution in [2.24, 2.45) is 0 Å². The van der Waals surface area contributed by atoms with Crippen LogP contribution < -0.4 is 0 Å². The molecule has 1 aliphatic heterocycles. The Kier molecular flexibility index (Phi) is 4.26. The highest BCUT2D eigenvalue weighted by molar-refractivity contribution is 5.82. The molecule has 1 fully saturated rings. The average Bonchev–Trinajstić information content (AvgIpc) is 2.33. The van der Waals surface area contributed by atoms with E-state index in [1.54, 1.807) is 18.2 Å². The van der Waals surface area contributed by atoms with E-state index in [9.17, 15) is 9.18 Å². The second-order valence-electron chi connectivity index (χ2n) is 4.64. The number of halogens is 1. The summed E-state index contributed by atoms with van der Waals surface area (Å²) in [6.07, 6.45) is 3.82. The molecule has 1 saturated heterocycles. The van der Waals surface area contributed by atoms with Gasteiger partial charge in [-0.05, 0) is 37.6 Å². The molecule has 0 spiro atoms. The fraction of sp³-hybridized carbons (Fsp3) is 0.500. The van der Waals surface area contributed by atoms with Crippen molar-refractivity contribution in [2.75, 3.05) is 19.6 Å². The number of piperidine rings is 1. The first-order valence-corrected chi connectivity index (χ1v) is 6.23. The molecular weight excluding hydrogens is 217 g/mol. The molecule has 3 heteroatoms. The Morgan fingerprint density at radius 3 is 2.59 bits per heavy atom. The molecule has 2 rings (SSSR count). The lowest BCUT2D eigenvalue weighted by atomic mass is 10.1. The third kappa shape index (κ3) is 3.63. The fourth-order valence-corrected chi connectivity index (χ4v) is 2.28. The van der Waals surface area contributed by atoms with Gasteiger partial charge in [0.25, 0.3) is 0 Å². The molecule has 0 bridgehead atoms. The first-order chi connectivity index (χ1) is 8.25. The van der Waals surface area contributed by atoms with Gasteiger partial charge < -0.3 is 0 Å².